The van der Waals surface area contributed by atoms with Gasteiger partial charge in [-0.3, -0.25) is 19.3 Å². The highest BCUT2D eigenvalue weighted by Crippen LogP contribution is 2.33. The molecule has 1 amide bonds. The van der Waals surface area contributed by atoms with E-state index < -0.39 is 30.4 Å². The summed E-state index contributed by atoms with van der Waals surface area (Å²) in [6, 6.07) is 5.42. The molecule has 4 aromatic heterocycles. The largest absolute Gasteiger partial charge is 0.387 e. The molecule has 12 nitrogen and oxygen atoms in total. The lowest BCUT2D eigenvalue weighted by Gasteiger charge is -2.17. The smallest absolute Gasteiger partial charge is 0.251 e. The SMILES string of the molecule is CNC(=O)[C@H]1O[C@@H](n2cnc3c(NCc4cccnc4)nc(-c4cncc(Cl)c4)nc32)[C@H](O)[C@@H]1O. The summed E-state index contributed by atoms with van der Waals surface area (Å²) in [5, 5.41) is 27.1. The molecule has 5 heterocycles. The van der Waals surface area contributed by atoms with Gasteiger partial charge in [-0.15, -0.1) is 0 Å². The molecule has 180 valence electrons. The van der Waals surface area contributed by atoms with Gasteiger partial charge >= 0.3 is 0 Å². The molecular weight excluding hydrogens is 476 g/mol. The molecule has 13 heteroatoms. The number of carbonyl (C=O) groups is 1. The molecule has 4 aromatic rings. The zero-order chi connectivity index (χ0) is 24.5. The van der Waals surface area contributed by atoms with Crippen molar-refractivity contribution >= 4 is 34.5 Å². The van der Waals surface area contributed by atoms with Gasteiger partial charge in [-0.05, 0) is 17.7 Å². The van der Waals surface area contributed by atoms with Gasteiger partial charge in [0.05, 0.1) is 11.3 Å². The molecule has 1 saturated heterocycles. The highest BCUT2D eigenvalue weighted by atomic mass is 35.5. The van der Waals surface area contributed by atoms with E-state index in [0.29, 0.717) is 39.9 Å². The number of likely N-dealkylation sites (N-methyl/N-ethyl adjacent to an activating group) is 1. The molecular formula is C22H21ClN8O4. The van der Waals surface area contributed by atoms with E-state index in [9.17, 15) is 15.0 Å². The summed E-state index contributed by atoms with van der Waals surface area (Å²) in [5.41, 5.74) is 2.21. The van der Waals surface area contributed by atoms with Crippen molar-refractivity contribution in [2.75, 3.05) is 12.4 Å². The first-order valence-electron chi connectivity index (χ1n) is 10.7. The van der Waals surface area contributed by atoms with E-state index in [-0.39, 0.29) is 0 Å². The molecule has 1 aliphatic rings. The minimum absolute atomic E-state index is 0.304. The van der Waals surface area contributed by atoms with Crippen LogP contribution in [0.2, 0.25) is 5.02 Å². The molecule has 0 bridgehead atoms. The molecule has 35 heavy (non-hydrogen) atoms. The number of ether oxygens (including phenoxy) is 1. The Bertz CT molecular complexity index is 1370. The first-order valence-corrected chi connectivity index (χ1v) is 11.1. The van der Waals surface area contributed by atoms with Crippen molar-refractivity contribution in [1.29, 1.82) is 0 Å². The second kappa shape index (κ2) is 9.50. The summed E-state index contributed by atoms with van der Waals surface area (Å²) in [6.07, 6.45) is 2.72. The van der Waals surface area contributed by atoms with Crippen molar-refractivity contribution in [2.45, 2.75) is 31.1 Å². The predicted octanol–water partition coefficient (Wildman–Crippen LogP) is 0.914. The number of pyridine rings is 2. The van der Waals surface area contributed by atoms with Crippen molar-refractivity contribution in [3.63, 3.8) is 0 Å². The molecule has 4 N–H and O–H groups in total. The van der Waals surface area contributed by atoms with Gasteiger partial charge in [0.1, 0.15) is 12.2 Å². The van der Waals surface area contributed by atoms with E-state index in [0.717, 1.165) is 5.56 Å². The molecule has 4 atom stereocenters. The van der Waals surface area contributed by atoms with E-state index in [4.69, 9.17) is 16.3 Å². The number of nitrogens with one attached hydrogen (secondary N) is 2. The quantitative estimate of drug-likeness (QED) is 0.302. The van der Waals surface area contributed by atoms with Gasteiger partial charge in [0.2, 0.25) is 0 Å². The topological polar surface area (TPSA) is 160 Å². The van der Waals surface area contributed by atoms with Gasteiger partial charge in [0, 0.05) is 43.9 Å². The lowest BCUT2D eigenvalue weighted by atomic mass is 10.1. The first-order chi connectivity index (χ1) is 17.0. The van der Waals surface area contributed by atoms with Crippen LogP contribution in [0.3, 0.4) is 0 Å². The maximum atomic E-state index is 12.1. The van der Waals surface area contributed by atoms with Gasteiger partial charge in [-0.25, -0.2) is 15.0 Å². The van der Waals surface area contributed by atoms with Crippen LogP contribution in [0.15, 0.2) is 49.3 Å². The van der Waals surface area contributed by atoms with Crippen LogP contribution in [0.4, 0.5) is 5.82 Å². The third-order valence-corrected chi connectivity index (χ3v) is 5.79. The Balaban J connectivity index is 1.58. The van der Waals surface area contributed by atoms with Crippen LogP contribution in [-0.2, 0) is 16.1 Å². The van der Waals surface area contributed by atoms with Crippen LogP contribution >= 0.6 is 11.6 Å². The third kappa shape index (κ3) is 4.39. The Morgan fingerprint density at radius 3 is 2.80 bits per heavy atom. The van der Waals surface area contributed by atoms with E-state index in [1.807, 2.05) is 12.1 Å². The van der Waals surface area contributed by atoms with Gasteiger partial charge < -0.3 is 25.6 Å². The highest BCUT2D eigenvalue weighted by molar-refractivity contribution is 6.30. The Morgan fingerprint density at radius 2 is 2.06 bits per heavy atom. The van der Waals surface area contributed by atoms with Crippen molar-refractivity contribution in [2.24, 2.45) is 0 Å². The molecule has 1 aliphatic heterocycles. The van der Waals surface area contributed by atoms with Crippen LogP contribution in [-0.4, -0.2) is 71.0 Å². The first kappa shape index (κ1) is 23.1. The number of aliphatic hydroxyl groups is 2. The summed E-state index contributed by atoms with van der Waals surface area (Å²) >= 11 is 6.13. The minimum Gasteiger partial charge on any atom is -0.387 e. The number of rotatable bonds is 6. The van der Waals surface area contributed by atoms with Crippen molar-refractivity contribution in [1.82, 2.24) is 34.8 Å². The Morgan fingerprint density at radius 1 is 1.20 bits per heavy atom. The maximum Gasteiger partial charge on any atom is 0.251 e. The number of aromatic nitrogens is 6. The lowest BCUT2D eigenvalue weighted by Crippen LogP contribution is -2.41. The fourth-order valence-electron chi connectivity index (χ4n) is 3.83. The second-order valence-corrected chi connectivity index (χ2v) is 8.31. The summed E-state index contributed by atoms with van der Waals surface area (Å²) in [6.45, 7) is 0.417. The number of imidazole rings is 1. The molecule has 0 aromatic carbocycles. The van der Waals surface area contributed by atoms with E-state index in [1.165, 1.54) is 24.1 Å². The number of hydrogen-bond donors (Lipinski definition) is 4. The zero-order valence-electron chi connectivity index (χ0n) is 18.4. The van der Waals surface area contributed by atoms with Crippen LogP contribution in [0.5, 0.6) is 0 Å². The second-order valence-electron chi connectivity index (χ2n) is 7.87. The number of carbonyl (C=O) groups excluding carboxylic acids is 1. The fraction of sp³-hybridized carbons (Fsp3) is 0.273. The minimum atomic E-state index is -1.43. The number of halogens is 1. The van der Waals surface area contributed by atoms with Crippen molar-refractivity contribution in [3.8, 4) is 11.4 Å². The van der Waals surface area contributed by atoms with E-state index in [2.05, 4.69) is 35.6 Å². The van der Waals surface area contributed by atoms with Crippen molar-refractivity contribution in [3.05, 3.63) is 59.9 Å². The molecule has 0 spiro atoms. The van der Waals surface area contributed by atoms with Crippen molar-refractivity contribution < 1.29 is 19.7 Å². The number of fused-ring (bicyclic) bond motifs is 1. The molecule has 1 fully saturated rings. The Kier molecular flexibility index (Phi) is 6.26. The molecule has 0 aliphatic carbocycles. The van der Waals surface area contributed by atoms with Crippen LogP contribution in [0.25, 0.3) is 22.6 Å². The van der Waals surface area contributed by atoms with E-state index >= 15 is 0 Å². The summed E-state index contributed by atoms with van der Waals surface area (Å²) < 4.78 is 7.18. The average Bonchev–Trinajstić information content (AvgIpc) is 3.43. The van der Waals surface area contributed by atoms with Gasteiger partial charge in [0.25, 0.3) is 5.91 Å². The summed E-state index contributed by atoms with van der Waals surface area (Å²) in [7, 11) is 1.42. The third-order valence-electron chi connectivity index (χ3n) is 5.58. The maximum absolute atomic E-state index is 12.1. The molecule has 5 rings (SSSR count). The highest BCUT2D eigenvalue weighted by Gasteiger charge is 2.47. The predicted molar refractivity (Wildman–Crippen MR) is 125 cm³/mol. The van der Waals surface area contributed by atoms with Gasteiger partial charge in [-0.2, -0.15) is 0 Å². The monoisotopic (exact) mass is 496 g/mol. The Labute approximate surface area is 204 Å². The molecule has 0 saturated carbocycles. The Hall–Kier alpha value is -3.71. The molecule has 0 radical (unpaired) electrons. The summed E-state index contributed by atoms with van der Waals surface area (Å²) in [5.74, 6) is 0.171. The standard InChI is InChI=1S/C22H21ClN8O4/c1-24-21(34)17-15(32)16(33)22(35-17)31-10-28-14-19(27-7-11-3-2-4-25-6-11)29-18(30-20(14)31)12-5-13(23)9-26-8-12/h2-6,8-10,15-17,22,32-33H,7H2,1H3,(H,24,34)(H,27,29,30)/t15-,16+,17-,22+/m0/s1. The molecule has 0 unspecified atom stereocenters. The average molecular weight is 497 g/mol. The van der Waals surface area contributed by atoms with Crippen LogP contribution < -0.4 is 10.6 Å². The van der Waals surface area contributed by atoms with Crippen LogP contribution in [0.1, 0.15) is 11.8 Å². The fourth-order valence-corrected chi connectivity index (χ4v) is 4.00. The number of nitrogens with zero attached hydrogens (tertiary/aromatic N) is 6. The number of amides is 1. The normalized spacial score (nSPS) is 21.8. The van der Waals surface area contributed by atoms with Gasteiger partial charge in [-0.1, -0.05) is 17.7 Å². The number of aliphatic hydroxyl groups excluding tert-OH is 2. The zero-order valence-corrected chi connectivity index (χ0v) is 19.2. The number of anilines is 1. The lowest BCUT2D eigenvalue weighted by molar-refractivity contribution is -0.137. The van der Waals surface area contributed by atoms with E-state index in [1.54, 1.807) is 24.7 Å². The summed E-state index contributed by atoms with van der Waals surface area (Å²) in [4.78, 5) is 34.0. The van der Waals surface area contributed by atoms with Crippen LogP contribution in [0, 0.1) is 0 Å². The van der Waals surface area contributed by atoms with Gasteiger partial charge in [0.15, 0.2) is 35.1 Å². The number of hydrogen-bond acceptors (Lipinski definition) is 10.